The summed E-state index contributed by atoms with van der Waals surface area (Å²) in [5, 5.41) is 3.51. The summed E-state index contributed by atoms with van der Waals surface area (Å²) in [6.07, 6.45) is 12.0. The standard InChI is InChI=1S/C23H44N4O2.HI/c1-2-24-23(25-12-7-4-8-16-29-22-9-5-3-6-10-22)27-13-11-21(20-27)19-26-14-17-28-18-15-26;/h21-22H,2-20H2,1H3,(H,24,25);1H. The third-order valence-corrected chi connectivity index (χ3v) is 6.51. The van der Waals surface area contributed by atoms with E-state index < -0.39 is 0 Å². The lowest BCUT2D eigenvalue weighted by Gasteiger charge is -2.29. The second-order valence-electron chi connectivity index (χ2n) is 8.94. The van der Waals surface area contributed by atoms with Crippen molar-refractivity contribution in [1.29, 1.82) is 0 Å². The molecule has 0 aromatic rings. The van der Waals surface area contributed by atoms with Gasteiger partial charge >= 0.3 is 0 Å². The summed E-state index contributed by atoms with van der Waals surface area (Å²) < 4.78 is 11.5. The van der Waals surface area contributed by atoms with Crippen molar-refractivity contribution in [3.63, 3.8) is 0 Å². The van der Waals surface area contributed by atoms with Crippen molar-refractivity contribution in [2.45, 2.75) is 70.8 Å². The van der Waals surface area contributed by atoms with Gasteiger partial charge in [0.15, 0.2) is 5.96 Å². The fraction of sp³-hybridized carbons (Fsp3) is 0.957. The molecule has 1 atom stereocenters. The molecule has 0 aromatic carbocycles. The summed E-state index contributed by atoms with van der Waals surface area (Å²) >= 11 is 0. The van der Waals surface area contributed by atoms with Gasteiger partial charge in [-0.25, -0.2) is 0 Å². The number of morpholine rings is 1. The molecule has 0 amide bonds. The Hall–Kier alpha value is -0.120. The lowest BCUT2D eigenvalue weighted by Crippen LogP contribution is -2.42. The first kappa shape index (κ1) is 26.1. The summed E-state index contributed by atoms with van der Waals surface area (Å²) in [4.78, 5) is 9.96. The minimum atomic E-state index is 0. The zero-order valence-electron chi connectivity index (χ0n) is 19.2. The van der Waals surface area contributed by atoms with E-state index in [1.807, 2.05) is 0 Å². The van der Waals surface area contributed by atoms with Gasteiger partial charge in [0.25, 0.3) is 0 Å². The van der Waals surface area contributed by atoms with E-state index in [0.717, 1.165) is 77.4 Å². The number of guanidine groups is 1. The van der Waals surface area contributed by atoms with E-state index in [0.29, 0.717) is 6.10 Å². The van der Waals surface area contributed by atoms with Gasteiger partial charge in [-0.1, -0.05) is 19.3 Å². The third-order valence-electron chi connectivity index (χ3n) is 6.51. The molecular formula is C23H45IN4O2. The van der Waals surface area contributed by atoms with Gasteiger partial charge in [-0.05, 0) is 51.4 Å². The number of hydrogen-bond donors (Lipinski definition) is 1. The molecule has 0 aromatic heterocycles. The smallest absolute Gasteiger partial charge is 0.193 e. The Morgan fingerprint density at radius 2 is 1.83 bits per heavy atom. The minimum Gasteiger partial charge on any atom is -0.379 e. The minimum absolute atomic E-state index is 0. The maximum Gasteiger partial charge on any atom is 0.193 e. The highest BCUT2D eigenvalue weighted by atomic mass is 127. The molecule has 2 heterocycles. The van der Waals surface area contributed by atoms with Gasteiger partial charge in [-0.15, -0.1) is 24.0 Å². The van der Waals surface area contributed by atoms with Crippen LogP contribution in [0, 0.1) is 5.92 Å². The number of aliphatic imine (C=N–C) groups is 1. The Kier molecular flexibility index (Phi) is 13.6. The van der Waals surface area contributed by atoms with Crippen LogP contribution < -0.4 is 5.32 Å². The van der Waals surface area contributed by atoms with Crippen molar-refractivity contribution >= 4 is 29.9 Å². The molecule has 1 aliphatic carbocycles. The van der Waals surface area contributed by atoms with Gasteiger partial charge in [0.1, 0.15) is 0 Å². The highest BCUT2D eigenvalue weighted by Gasteiger charge is 2.27. The Morgan fingerprint density at radius 3 is 2.60 bits per heavy atom. The monoisotopic (exact) mass is 536 g/mol. The molecular weight excluding hydrogens is 491 g/mol. The van der Waals surface area contributed by atoms with Gasteiger partial charge in [0, 0.05) is 52.4 Å². The van der Waals surface area contributed by atoms with Crippen LogP contribution in [0.15, 0.2) is 4.99 Å². The summed E-state index contributed by atoms with van der Waals surface area (Å²) in [6, 6.07) is 0. The molecule has 3 fully saturated rings. The fourth-order valence-electron chi connectivity index (χ4n) is 4.81. The molecule has 1 saturated carbocycles. The molecule has 3 rings (SSSR count). The van der Waals surface area contributed by atoms with E-state index in [1.54, 1.807) is 0 Å². The van der Waals surface area contributed by atoms with Gasteiger partial charge in [0.2, 0.25) is 0 Å². The molecule has 0 bridgehead atoms. The average Bonchev–Trinajstić information content (AvgIpc) is 3.22. The highest BCUT2D eigenvalue weighted by Crippen LogP contribution is 2.21. The maximum absolute atomic E-state index is 6.04. The quantitative estimate of drug-likeness (QED) is 0.200. The summed E-state index contributed by atoms with van der Waals surface area (Å²) in [5.74, 6) is 1.88. The Labute approximate surface area is 201 Å². The van der Waals surface area contributed by atoms with E-state index in [-0.39, 0.29) is 24.0 Å². The number of nitrogens with one attached hydrogen (secondary N) is 1. The van der Waals surface area contributed by atoms with E-state index >= 15 is 0 Å². The number of ether oxygens (including phenoxy) is 2. The maximum atomic E-state index is 6.04. The van der Waals surface area contributed by atoms with Gasteiger partial charge < -0.3 is 19.7 Å². The topological polar surface area (TPSA) is 49.3 Å². The molecule has 176 valence electrons. The van der Waals surface area contributed by atoms with E-state index in [4.69, 9.17) is 14.5 Å². The molecule has 0 radical (unpaired) electrons. The van der Waals surface area contributed by atoms with Crippen molar-refractivity contribution in [3.05, 3.63) is 0 Å². The summed E-state index contributed by atoms with van der Waals surface area (Å²) in [5.41, 5.74) is 0. The number of unbranched alkanes of at least 4 members (excludes halogenated alkanes) is 2. The molecule has 1 N–H and O–H groups in total. The number of nitrogens with zero attached hydrogens (tertiary/aromatic N) is 3. The van der Waals surface area contributed by atoms with E-state index in [2.05, 4.69) is 22.0 Å². The van der Waals surface area contributed by atoms with Crippen LogP contribution in [0.4, 0.5) is 0 Å². The van der Waals surface area contributed by atoms with Gasteiger partial charge in [-0.2, -0.15) is 0 Å². The zero-order valence-corrected chi connectivity index (χ0v) is 21.5. The summed E-state index contributed by atoms with van der Waals surface area (Å²) in [7, 11) is 0. The van der Waals surface area contributed by atoms with Crippen LogP contribution in [0.3, 0.4) is 0 Å². The van der Waals surface area contributed by atoms with Crippen LogP contribution in [0.5, 0.6) is 0 Å². The Bertz CT molecular complexity index is 468. The normalized spacial score (nSPS) is 24.1. The predicted octanol–water partition coefficient (Wildman–Crippen LogP) is 3.74. The first-order valence-electron chi connectivity index (χ1n) is 12.3. The van der Waals surface area contributed by atoms with Crippen LogP contribution in [0.25, 0.3) is 0 Å². The number of rotatable bonds is 10. The molecule has 2 aliphatic heterocycles. The number of likely N-dealkylation sites (tertiary alicyclic amines) is 1. The van der Waals surface area contributed by atoms with E-state index in [9.17, 15) is 0 Å². The second-order valence-corrected chi connectivity index (χ2v) is 8.94. The van der Waals surface area contributed by atoms with Crippen molar-refractivity contribution in [3.8, 4) is 0 Å². The van der Waals surface area contributed by atoms with Gasteiger partial charge in [-0.3, -0.25) is 9.89 Å². The first-order valence-corrected chi connectivity index (χ1v) is 12.3. The molecule has 6 nitrogen and oxygen atoms in total. The Balaban J connectivity index is 0.00000320. The van der Waals surface area contributed by atoms with Crippen molar-refractivity contribution in [2.24, 2.45) is 10.9 Å². The lowest BCUT2D eigenvalue weighted by atomic mass is 9.98. The SMILES string of the molecule is CCNC(=NCCCCCOC1CCCCC1)N1CCC(CN2CCOCC2)C1.I. The molecule has 30 heavy (non-hydrogen) atoms. The highest BCUT2D eigenvalue weighted by molar-refractivity contribution is 14.0. The van der Waals surface area contributed by atoms with Crippen molar-refractivity contribution in [1.82, 2.24) is 15.1 Å². The largest absolute Gasteiger partial charge is 0.379 e. The average molecular weight is 537 g/mol. The molecule has 3 aliphatic rings. The van der Waals surface area contributed by atoms with Crippen LogP contribution >= 0.6 is 24.0 Å². The fourth-order valence-corrected chi connectivity index (χ4v) is 4.81. The predicted molar refractivity (Wildman–Crippen MR) is 135 cm³/mol. The second kappa shape index (κ2) is 15.6. The van der Waals surface area contributed by atoms with Crippen molar-refractivity contribution < 1.29 is 9.47 Å². The zero-order chi connectivity index (χ0) is 20.2. The first-order chi connectivity index (χ1) is 14.3. The molecule has 0 spiro atoms. The third kappa shape index (κ3) is 9.57. The van der Waals surface area contributed by atoms with Crippen LogP contribution in [-0.2, 0) is 9.47 Å². The van der Waals surface area contributed by atoms with Crippen molar-refractivity contribution in [2.75, 3.05) is 65.6 Å². The summed E-state index contributed by atoms with van der Waals surface area (Å²) in [6.45, 7) is 12.4. The molecule has 2 saturated heterocycles. The molecule has 7 heteroatoms. The van der Waals surface area contributed by atoms with Crippen LogP contribution in [0.2, 0.25) is 0 Å². The van der Waals surface area contributed by atoms with Crippen LogP contribution in [-0.4, -0.2) is 87.5 Å². The number of hydrogen-bond acceptors (Lipinski definition) is 4. The van der Waals surface area contributed by atoms with Gasteiger partial charge in [0.05, 0.1) is 19.3 Å². The lowest BCUT2D eigenvalue weighted by molar-refractivity contribution is 0.0264. The number of halogens is 1. The molecule has 1 unspecified atom stereocenters. The van der Waals surface area contributed by atoms with Crippen LogP contribution in [0.1, 0.15) is 64.7 Å². The Morgan fingerprint density at radius 1 is 1.03 bits per heavy atom. The van der Waals surface area contributed by atoms with E-state index in [1.165, 1.54) is 57.9 Å².